The fourth-order valence-corrected chi connectivity index (χ4v) is 1.27. The molecule has 2 aromatic heterocycles. The molecule has 2 aromatic rings. The summed E-state index contributed by atoms with van der Waals surface area (Å²) in [6.45, 7) is 2.48. The maximum absolute atomic E-state index is 5.39. The summed E-state index contributed by atoms with van der Waals surface area (Å²) in [5.74, 6) is 1.13. The minimum absolute atomic E-state index is 0.508. The van der Waals surface area contributed by atoms with Gasteiger partial charge in [0, 0.05) is 30.9 Å². The van der Waals surface area contributed by atoms with E-state index in [9.17, 15) is 0 Å². The van der Waals surface area contributed by atoms with Crippen molar-refractivity contribution in [3.05, 3.63) is 29.9 Å². The molecule has 0 saturated heterocycles. The molecule has 5 nitrogen and oxygen atoms in total. The number of hydrogen-bond acceptors (Lipinski definition) is 5. The lowest BCUT2D eigenvalue weighted by Gasteiger charge is -1.94. The monoisotopic (exact) mass is 204 g/mol. The summed E-state index contributed by atoms with van der Waals surface area (Å²) in [6.07, 6.45) is 4.10. The van der Waals surface area contributed by atoms with Crippen molar-refractivity contribution in [1.82, 2.24) is 15.1 Å². The van der Waals surface area contributed by atoms with Crippen molar-refractivity contribution in [2.75, 3.05) is 6.54 Å². The van der Waals surface area contributed by atoms with Gasteiger partial charge in [-0.3, -0.25) is 4.98 Å². The second kappa shape index (κ2) is 4.18. The van der Waals surface area contributed by atoms with E-state index in [1.54, 1.807) is 12.4 Å². The molecular formula is C10H12N4O. The van der Waals surface area contributed by atoms with Crippen molar-refractivity contribution < 1.29 is 4.52 Å². The van der Waals surface area contributed by atoms with E-state index in [1.165, 1.54) is 0 Å². The number of nitrogens with zero attached hydrogens (tertiary/aromatic N) is 3. The van der Waals surface area contributed by atoms with E-state index >= 15 is 0 Å². The Hall–Kier alpha value is -1.75. The molecule has 0 aliphatic rings. The Bertz CT molecular complexity index is 452. The molecule has 0 aromatic carbocycles. The largest absolute Gasteiger partial charge is 0.339 e. The number of nitrogens with two attached hydrogens (primary N) is 1. The molecule has 2 N–H and O–H groups in total. The van der Waals surface area contributed by atoms with Gasteiger partial charge < -0.3 is 10.3 Å². The van der Waals surface area contributed by atoms with Crippen LogP contribution in [0.4, 0.5) is 0 Å². The summed E-state index contributed by atoms with van der Waals surface area (Å²) in [4.78, 5) is 8.28. The van der Waals surface area contributed by atoms with Gasteiger partial charge in [-0.1, -0.05) is 5.16 Å². The summed E-state index contributed by atoms with van der Waals surface area (Å²) in [5.41, 5.74) is 7.32. The first-order valence-corrected chi connectivity index (χ1v) is 4.74. The van der Waals surface area contributed by atoms with Crippen LogP contribution in [0.2, 0.25) is 0 Å². The van der Waals surface area contributed by atoms with Gasteiger partial charge in [0.2, 0.25) is 11.7 Å². The topological polar surface area (TPSA) is 77.8 Å². The Labute approximate surface area is 87.3 Å². The van der Waals surface area contributed by atoms with Crippen LogP contribution in [0.3, 0.4) is 0 Å². The highest BCUT2D eigenvalue weighted by atomic mass is 16.5. The third-order valence-corrected chi connectivity index (χ3v) is 1.96. The van der Waals surface area contributed by atoms with Crippen LogP contribution in [0.25, 0.3) is 11.4 Å². The first kappa shape index (κ1) is 9.79. The summed E-state index contributed by atoms with van der Waals surface area (Å²) in [7, 11) is 0. The van der Waals surface area contributed by atoms with Crippen LogP contribution < -0.4 is 5.73 Å². The van der Waals surface area contributed by atoms with Crippen molar-refractivity contribution in [1.29, 1.82) is 0 Å². The van der Waals surface area contributed by atoms with Gasteiger partial charge in [0.25, 0.3) is 0 Å². The van der Waals surface area contributed by atoms with Gasteiger partial charge in [0.05, 0.1) is 0 Å². The van der Waals surface area contributed by atoms with Crippen molar-refractivity contribution in [2.45, 2.75) is 13.3 Å². The van der Waals surface area contributed by atoms with E-state index < -0.39 is 0 Å². The molecule has 0 radical (unpaired) electrons. The van der Waals surface area contributed by atoms with Gasteiger partial charge >= 0.3 is 0 Å². The number of rotatable bonds is 3. The normalized spacial score (nSPS) is 10.5. The van der Waals surface area contributed by atoms with E-state index in [2.05, 4.69) is 15.1 Å². The standard InChI is InChI=1S/C10H12N4O/c1-7-4-8(6-12-5-7)10-13-9(2-3-11)15-14-10/h4-6H,2-3,11H2,1H3. The van der Waals surface area contributed by atoms with Gasteiger partial charge in [0.1, 0.15) is 0 Å². The molecule has 0 fully saturated rings. The average molecular weight is 204 g/mol. The Morgan fingerprint density at radius 3 is 3.00 bits per heavy atom. The molecule has 2 rings (SSSR count). The van der Waals surface area contributed by atoms with E-state index in [4.69, 9.17) is 10.3 Å². The number of hydrogen-bond donors (Lipinski definition) is 1. The van der Waals surface area contributed by atoms with Gasteiger partial charge in [-0.15, -0.1) is 0 Å². The summed E-state index contributed by atoms with van der Waals surface area (Å²) in [5, 5.41) is 3.86. The molecule has 0 spiro atoms. The van der Waals surface area contributed by atoms with Crippen molar-refractivity contribution in [2.24, 2.45) is 5.73 Å². The number of aryl methyl sites for hydroxylation is 1. The molecule has 2 heterocycles. The lowest BCUT2D eigenvalue weighted by molar-refractivity contribution is 0.380. The Morgan fingerprint density at radius 2 is 2.27 bits per heavy atom. The molecule has 0 unspecified atom stereocenters. The zero-order valence-corrected chi connectivity index (χ0v) is 8.47. The second-order valence-electron chi connectivity index (χ2n) is 3.30. The molecule has 78 valence electrons. The SMILES string of the molecule is Cc1cncc(-c2noc(CCN)n2)c1. The fourth-order valence-electron chi connectivity index (χ4n) is 1.27. The Kier molecular flexibility index (Phi) is 2.73. The Balaban J connectivity index is 2.29. The number of aromatic nitrogens is 3. The van der Waals surface area contributed by atoms with Crippen LogP contribution in [-0.2, 0) is 6.42 Å². The summed E-state index contributed by atoms with van der Waals surface area (Å²) >= 11 is 0. The zero-order valence-electron chi connectivity index (χ0n) is 8.47. The molecule has 0 bridgehead atoms. The minimum Gasteiger partial charge on any atom is -0.339 e. The molecule has 0 aliphatic carbocycles. The van der Waals surface area contributed by atoms with Crippen LogP contribution in [-0.4, -0.2) is 21.7 Å². The average Bonchev–Trinajstić information content (AvgIpc) is 2.67. The van der Waals surface area contributed by atoms with Crippen molar-refractivity contribution in [3.63, 3.8) is 0 Å². The van der Waals surface area contributed by atoms with Gasteiger partial charge in [-0.2, -0.15) is 4.98 Å². The van der Waals surface area contributed by atoms with Gasteiger partial charge in [-0.25, -0.2) is 0 Å². The predicted octanol–water partition coefficient (Wildman–Crippen LogP) is 0.941. The zero-order chi connectivity index (χ0) is 10.7. The maximum atomic E-state index is 5.39. The lowest BCUT2D eigenvalue weighted by atomic mass is 10.2. The van der Waals surface area contributed by atoms with Crippen LogP contribution in [0, 0.1) is 6.92 Å². The first-order valence-electron chi connectivity index (χ1n) is 4.74. The highest BCUT2D eigenvalue weighted by Gasteiger charge is 2.07. The third kappa shape index (κ3) is 2.19. The highest BCUT2D eigenvalue weighted by Crippen LogP contribution is 2.15. The third-order valence-electron chi connectivity index (χ3n) is 1.96. The molecule has 15 heavy (non-hydrogen) atoms. The predicted molar refractivity (Wildman–Crippen MR) is 55.0 cm³/mol. The van der Waals surface area contributed by atoms with Crippen LogP contribution in [0.5, 0.6) is 0 Å². The number of pyridine rings is 1. The minimum atomic E-state index is 0.508. The molecule has 0 saturated carbocycles. The second-order valence-corrected chi connectivity index (χ2v) is 3.30. The van der Waals surface area contributed by atoms with E-state index in [-0.39, 0.29) is 0 Å². The quantitative estimate of drug-likeness (QED) is 0.805. The van der Waals surface area contributed by atoms with Gasteiger partial charge in [0.15, 0.2) is 0 Å². The molecule has 0 atom stereocenters. The van der Waals surface area contributed by atoms with Crippen LogP contribution >= 0.6 is 0 Å². The Morgan fingerprint density at radius 1 is 1.40 bits per heavy atom. The van der Waals surface area contributed by atoms with E-state index in [0.29, 0.717) is 24.7 Å². The summed E-state index contributed by atoms with van der Waals surface area (Å²) < 4.78 is 5.03. The smallest absolute Gasteiger partial charge is 0.228 e. The molecular weight excluding hydrogens is 192 g/mol. The maximum Gasteiger partial charge on any atom is 0.228 e. The van der Waals surface area contributed by atoms with E-state index in [1.807, 2.05) is 13.0 Å². The van der Waals surface area contributed by atoms with Crippen LogP contribution in [0.1, 0.15) is 11.5 Å². The highest BCUT2D eigenvalue weighted by molar-refractivity contribution is 5.53. The summed E-state index contributed by atoms with van der Waals surface area (Å²) in [6, 6.07) is 1.96. The molecule has 5 heteroatoms. The van der Waals surface area contributed by atoms with Gasteiger partial charge in [-0.05, 0) is 18.6 Å². The first-order chi connectivity index (χ1) is 7.29. The van der Waals surface area contributed by atoms with Crippen molar-refractivity contribution >= 4 is 0 Å². The van der Waals surface area contributed by atoms with Crippen LogP contribution in [0.15, 0.2) is 23.0 Å². The fraction of sp³-hybridized carbons (Fsp3) is 0.300. The van der Waals surface area contributed by atoms with E-state index in [0.717, 1.165) is 11.1 Å². The molecule has 0 amide bonds. The van der Waals surface area contributed by atoms with Crippen molar-refractivity contribution in [3.8, 4) is 11.4 Å². The molecule has 0 aliphatic heterocycles. The lowest BCUT2D eigenvalue weighted by Crippen LogP contribution is -2.02.